The van der Waals surface area contributed by atoms with Crippen LogP contribution in [0, 0.1) is 0 Å². The van der Waals surface area contributed by atoms with Gasteiger partial charge in [-0.3, -0.25) is 4.79 Å². The zero-order chi connectivity index (χ0) is 15.7. The largest absolute Gasteiger partial charge is 0.481 e. The molecule has 116 valence electrons. The van der Waals surface area contributed by atoms with Crippen LogP contribution >= 0.6 is 0 Å². The molecule has 1 aromatic carbocycles. The van der Waals surface area contributed by atoms with Crippen LogP contribution in [-0.4, -0.2) is 36.4 Å². The molecular formula is C15H22N2O4. The molecule has 1 aromatic rings. The zero-order valence-electron chi connectivity index (χ0n) is 12.4. The fraction of sp³-hybridized carbons (Fsp3) is 0.467. The molecule has 0 saturated carbocycles. The van der Waals surface area contributed by atoms with Crippen LogP contribution in [0.4, 0.5) is 10.5 Å². The van der Waals surface area contributed by atoms with Crippen molar-refractivity contribution in [2.24, 2.45) is 0 Å². The third kappa shape index (κ3) is 7.31. The second-order valence-electron chi connectivity index (χ2n) is 4.69. The van der Waals surface area contributed by atoms with Crippen molar-refractivity contribution < 1.29 is 19.4 Å². The maximum atomic E-state index is 11.7. The average molecular weight is 294 g/mol. The predicted molar refractivity (Wildman–Crippen MR) is 80.5 cm³/mol. The summed E-state index contributed by atoms with van der Waals surface area (Å²) in [6.45, 7) is 4.85. The first-order chi connectivity index (χ1) is 10.0. The molecule has 21 heavy (non-hydrogen) atoms. The molecule has 1 atom stereocenters. The molecule has 3 N–H and O–H groups in total. The highest BCUT2D eigenvalue weighted by atomic mass is 16.5. The van der Waals surface area contributed by atoms with E-state index in [0.29, 0.717) is 25.3 Å². The van der Waals surface area contributed by atoms with Crippen LogP contribution in [0.25, 0.3) is 0 Å². The van der Waals surface area contributed by atoms with Gasteiger partial charge in [0, 0.05) is 25.3 Å². The summed E-state index contributed by atoms with van der Waals surface area (Å²) in [5.41, 5.74) is 1.59. The van der Waals surface area contributed by atoms with Crippen molar-refractivity contribution in [3.63, 3.8) is 0 Å². The van der Waals surface area contributed by atoms with Crippen LogP contribution < -0.4 is 10.6 Å². The summed E-state index contributed by atoms with van der Waals surface area (Å²) in [7, 11) is 0. The van der Waals surface area contributed by atoms with Crippen molar-refractivity contribution in [2.45, 2.75) is 32.8 Å². The first-order valence-electron chi connectivity index (χ1n) is 6.98. The Morgan fingerprint density at radius 3 is 2.52 bits per heavy atom. The SMILES string of the molecule is CCOC(C)CNC(=O)Nc1ccc(CCC(=O)O)cc1. The van der Waals surface area contributed by atoms with Gasteiger partial charge in [0.1, 0.15) is 0 Å². The third-order valence-corrected chi connectivity index (χ3v) is 2.84. The van der Waals surface area contributed by atoms with Crippen molar-refractivity contribution in [1.29, 1.82) is 0 Å². The maximum absolute atomic E-state index is 11.7. The Kier molecular flexibility index (Phi) is 7.25. The summed E-state index contributed by atoms with van der Waals surface area (Å²) in [6.07, 6.45) is 0.551. The summed E-state index contributed by atoms with van der Waals surface area (Å²) < 4.78 is 5.31. The number of nitrogens with one attached hydrogen (secondary N) is 2. The quantitative estimate of drug-likeness (QED) is 0.686. The van der Waals surface area contributed by atoms with E-state index in [2.05, 4.69) is 10.6 Å². The van der Waals surface area contributed by atoms with Gasteiger partial charge in [0.05, 0.1) is 6.10 Å². The molecule has 6 nitrogen and oxygen atoms in total. The van der Waals surface area contributed by atoms with Gasteiger partial charge in [-0.25, -0.2) is 4.79 Å². The van der Waals surface area contributed by atoms with Gasteiger partial charge in [-0.1, -0.05) is 12.1 Å². The zero-order valence-corrected chi connectivity index (χ0v) is 12.4. The molecule has 0 aliphatic rings. The monoisotopic (exact) mass is 294 g/mol. The standard InChI is InChI=1S/C15H22N2O4/c1-3-21-11(2)10-16-15(20)17-13-7-4-12(5-8-13)6-9-14(18)19/h4-5,7-8,11H,3,6,9-10H2,1-2H3,(H,18,19)(H2,16,17,20). The number of benzene rings is 1. The van der Waals surface area contributed by atoms with E-state index in [0.717, 1.165) is 5.56 Å². The summed E-state index contributed by atoms with van der Waals surface area (Å²) >= 11 is 0. The first kappa shape index (κ1) is 17.0. The van der Waals surface area contributed by atoms with Crippen molar-refractivity contribution in [1.82, 2.24) is 5.32 Å². The number of ether oxygens (including phenoxy) is 1. The number of hydrogen-bond donors (Lipinski definition) is 3. The lowest BCUT2D eigenvalue weighted by molar-refractivity contribution is -0.136. The second kappa shape index (κ2) is 8.97. The molecule has 0 saturated heterocycles. The van der Waals surface area contributed by atoms with Crippen LogP contribution in [0.2, 0.25) is 0 Å². The summed E-state index contributed by atoms with van der Waals surface area (Å²) in [4.78, 5) is 22.1. The topological polar surface area (TPSA) is 87.7 Å². The van der Waals surface area contributed by atoms with Crippen LogP contribution in [0.1, 0.15) is 25.8 Å². The van der Waals surface area contributed by atoms with E-state index < -0.39 is 5.97 Å². The van der Waals surface area contributed by atoms with Crippen LogP contribution in [-0.2, 0) is 16.0 Å². The van der Waals surface area contributed by atoms with Gasteiger partial charge in [-0.15, -0.1) is 0 Å². The number of aliphatic carboxylic acids is 1. The number of carbonyl (C=O) groups is 2. The minimum Gasteiger partial charge on any atom is -0.481 e. The van der Waals surface area contributed by atoms with E-state index in [-0.39, 0.29) is 18.6 Å². The Balaban J connectivity index is 2.37. The number of urea groups is 1. The van der Waals surface area contributed by atoms with Gasteiger partial charge in [0.25, 0.3) is 0 Å². The molecule has 1 rings (SSSR count). The molecule has 0 bridgehead atoms. The number of anilines is 1. The number of carboxylic acids is 1. The molecule has 0 radical (unpaired) electrons. The average Bonchev–Trinajstić information content (AvgIpc) is 2.45. The van der Waals surface area contributed by atoms with Gasteiger partial charge in [0.2, 0.25) is 0 Å². The van der Waals surface area contributed by atoms with Crippen molar-refractivity contribution in [3.05, 3.63) is 29.8 Å². The number of aryl methyl sites for hydroxylation is 1. The minimum atomic E-state index is -0.819. The Bertz CT molecular complexity index is 459. The fourth-order valence-corrected chi connectivity index (χ4v) is 1.76. The number of carboxylic acid groups (broad SMARTS) is 1. The van der Waals surface area contributed by atoms with Crippen molar-refractivity contribution >= 4 is 17.7 Å². The van der Waals surface area contributed by atoms with Crippen LogP contribution in [0.5, 0.6) is 0 Å². The van der Waals surface area contributed by atoms with Crippen LogP contribution in [0.15, 0.2) is 24.3 Å². The molecule has 0 spiro atoms. The molecule has 6 heteroatoms. The Hall–Kier alpha value is -2.08. The number of carbonyl (C=O) groups excluding carboxylic acids is 1. The number of amides is 2. The van der Waals surface area contributed by atoms with E-state index in [1.165, 1.54) is 0 Å². The summed E-state index contributed by atoms with van der Waals surface area (Å²) in [6, 6.07) is 6.83. The van der Waals surface area contributed by atoms with Gasteiger partial charge in [-0.2, -0.15) is 0 Å². The van der Waals surface area contributed by atoms with E-state index in [1.54, 1.807) is 24.3 Å². The molecule has 2 amide bonds. The lowest BCUT2D eigenvalue weighted by Gasteiger charge is -2.13. The Morgan fingerprint density at radius 1 is 1.29 bits per heavy atom. The Morgan fingerprint density at radius 2 is 1.95 bits per heavy atom. The first-order valence-corrected chi connectivity index (χ1v) is 6.98. The summed E-state index contributed by atoms with van der Waals surface area (Å²) in [5, 5.41) is 14.0. The Labute approximate surface area is 124 Å². The molecular weight excluding hydrogens is 272 g/mol. The van der Waals surface area contributed by atoms with E-state index >= 15 is 0 Å². The maximum Gasteiger partial charge on any atom is 0.319 e. The van der Waals surface area contributed by atoms with Crippen molar-refractivity contribution in [3.8, 4) is 0 Å². The number of rotatable bonds is 8. The molecule has 1 unspecified atom stereocenters. The smallest absolute Gasteiger partial charge is 0.319 e. The van der Waals surface area contributed by atoms with E-state index in [1.807, 2.05) is 13.8 Å². The lowest BCUT2D eigenvalue weighted by Crippen LogP contribution is -2.35. The van der Waals surface area contributed by atoms with Crippen LogP contribution in [0.3, 0.4) is 0 Å². The van der Waals surface area contributed by atoms with Gasteiger partial charge < -0.3 is 20.5 Å². The molecule has 0 heterocycles. The van der Waals surface area contributed by atoms with Gasteiger partial charge in [-0.05, 0) is 38.0 Å². The highest BCUT2D eigenvalue weighted by molar-refractivity contribution is 5.89. The molecule has 0 aromatic heterocycles. The fourth-order valence-electron chi connectivity index (χ4n) is 1.76. The lowest BCUT2D eigenvalue weighted by atomic mass is 10.1. The minimum absolute atomic E-state index is 0.0286. The summed E-state index contributed by atoms with van der Waals surface area (Å²) in [5.74, 6) is -0.819. The highest BCUT2D eigenvalue weighted by Gasteiger charge is 2.05. The van der Waals surface area contributed by atoms with Crippen molar-refractivity contribution in [2.75, 3.05) is 18.5 Å². The van der Waals surface area contributed by atoms with E-state index in [9.17, 15) is 9.59 Å². The third-order valence-electron chi connectivity index (χ3n) is 2.84. The highest BCUT2D eigenvalue weighted by Crippen LogP contribution is 2.11. The van der Waals surface area contributed by atoms with Gasteiger partial charge in [0.15, 0.2) is 0 Å². The number of hydrogen-bond acceptors (Lipinski definition) is 3. The second-order valence-corrected chi connectivity index (χ2v) is 4.69. The normalized spacial score (nSPS) is 11.7. The predicted octanol–water partition coefficient (Wildman–Crippen LogP) is 2.25. The van der Waals surface area contributed by atoms with E-state index in [4.69, 9.17) is 9.84 Å². The van der Waals surface area contributed by atoms with Gasteiger partial charge >= 0.3 is 12.0 Å². The molecule has 0 aliphatic heterocycles. The molecule has 0 aliphatic carbocycles. The molecule has 0 fully saturated rings.